The summed E-state index contributed by atoms with van der Waals surface area (Å²) in [5.74, 6) is -0.0271. The van der Waals surface area contributed by atoms with E-state index in [-0.39, 0.29) is 16.6 Å². The van der Waals surface area contributed by atoms with Crippen molar-refractivity contribution >= 4 is 11.6 Å². The minimum Gasteiger partial charge on any atom is -0.506 e. The maximum atomic E-state index is 13.6. The van der Waals surface area contributed by atoms with Gasteiger partial charge in [0, 0.05) is 5.56 Å². The van der Waals surface area contributed by atoms with Crippen LogP contribution in [0.1, 0.15) is 18.4 Å². The Morgan fingerprint density at radius 3 is 2.75 bits per heavy atom. The van der Waals surface area contributed by atoms with Crippen molar-refractivity contribution < 1.29 is 9.50 Å². The molecule has 1 heterocycles. The lowest BCUT2D eigenvalue weighted by Crippen LogP contribution is -2.28. The molecule has 1 aliphatic rings. The molecule has 2 N–H and O–H groups in total. The average molecular weight is 244 g/mol. The Morgan fingerprint density at radius 1 is 1.38 bits per heavy atom. The Kier molecular flexibility index (Phi) is 3.66. The number of nitrogens with one attached hydrogen (secondary N) is 1. The van der Waals surface area contributed by atoms with Crippen molar-refractivity contribution in [1.82, 2.24) is 5.32 Å². The van der Waals surface area contributed by atoms with Crippen LogP contribution >= 0.6 is 11.6 Å². The summed E-state index contributed by atoms with van der Waals surface area (Å²) in [5.41, 5.74) is 0.361. The van der Waals surface area contributed by atoms with E-state index in [2.05, 4.69) is 5.32 Å². The molecule has 2 rings (SSSR count). The van der Waals surface area contributed by atoms with Crippen LogP contribution in [0.15, 0.2) is 12.1 Å². The molecular weight excluding hydrogens is 229 g/mol. The molecule has 0 amide bonds. The van der Waals surface area contributed by atoms with Gasteiger partial charge in [-0.25, -0.2) is 4.39 Å². The highest BCUT2D eigenvalue weighted by molar-refractivity contribution is 6.32. The highest BCUT2D eigenvalue weighted by atomic mass is 35.5. The molecule has 0 bridgehead atoms. The van der Waals surface area contributed by atoms with Crippen molar-refractivity contribution in [3.8, 4) is 5.75 Å². The van der Waals surface area contributed by atoms with Gasteiger partial charge < -0.3 is 10.4 Å². The fraction of sp³-hybridized carbons (Fsp3) is 0.500. The third-order valence-corrected chi connectivity index (χ3v) is 3.43. The molecule has 1 fully saturated rings. The molecule has 0 aliphatic carbocycles. The normalized spacial score (nSPS) is 17.6. The molecule has 1 saturated heterocycles. The summed E-state index contributed by atoms with van der Waals surface area (Å²) in [7, 11) is 0. The Bertz CT molecular complexity index is 378. The predicted molar refractivity (Wildman–Crippen MR) is 62.4 cm³/mol. The molecule has 0 spiro atoms. The number of rotatable bonds is 2. The standard InChI is InChI=1S/C12H15ClFNO/c13-10-1-2-11(14)9(12(10)16)7-8-3-5-15-6-4-8/h1-2,8,15-16H,3-7H2. The zero-order valence-corrected chi connectivity index (χ0v) is 9.73. The summed E-state index contributed by atoms with van der Waals surface area (Å²) in [5, 5.41) is 13.2. The van der Waals surface area contributed by atoms with Gasteiger partial charge in [-0.15, -0.1) is 0 Å². The van der Waals surface area contributed by atoms with Gasteiger partial charge in [0.05, 0.1) is 5.02 Å². The van der Waals surface area contributed by atoms with Gasteiger partial charge in [-0.1, -0.05) is 11.6 Å². The van der Waals surface area contributed by atoms with Crippen molar-refractivity contribution in [2.24, 2.45) is 5.92 Å². The minimum absolute atomic E-state index is 0.0970. The van der Waals surface area contributed by atoms with Gasteiger partial charge in [-0.05, 0) is 50.4 Å². The Morgan fingerprint density at radius 2 is 2.06 bits per heavy atom. The number of piperidine rings is 1. The lowest BCUT2D eigenvalue weighted by molar-refractivity contribution is 0.361. The number of phenolic OH excluding ortho intramolecular Hbond substituents is 1. The molecule has 1 aromatic rings. The molecular formula is C12H15ClFNO. The topological polar surface area (TPSA) is 32.3 Å². The summed E-state index contributed by atoms with van der Waals surface area (Å²) in [4.78, 5) is 0. The first-order chi connectivity index (χ1) is 7.68. The number of benzene rings is 1. The van der Waals surface area contributed by atoms with Crippen LogP contribution in [-0.2, 0) is 6.42 Å². The maximum absolute atomic E-state index is 13.6. The smallest absolute Gasteiger partial charge is 0.140 e. The quantitative estimate of drug-likeness (QED) is 0.837. The molecule has 0 aromatic heterocycles. The van der Waals surface area contributed by atoms with Gasteiger partial charge in [0.1, 0.15) is 11.6 Å². The summed E-state index contributed by atoms with van der Waals surface area (Å²) >= 11 is 5.77. The van der Waals surface area contributed by atoms with Crippen LogP contribution in [-0.4, -0.2) is 18.2 Å². The van der Waals surface area contributed by atoms with E-state index in [0.29, 0.717) is 17.9 Å². The summed E-state index contributed by atoms with van der Waals surface area (Å²) in [6.45, 7) is 1.93. The maximum Gasteiger partial charge on any atom is 0.140 e. The number of aromatic hydroxyl groups is 1. The van der Waals surface area contributed by atoms with Gasteiger partial charge in [0.15, 0.2) is 0 Å². The van der Waals surface area contributed by atoms with E-state index in [1.165, 1.54) is 12.1 Å². The Labute approximate surface area is 99.4 Å². The second-order valence-electron chi connectivity index (χ2n) is 4.25. The predicted octanol–water partition coefficient (Wildman–Crippen LogP) is 2.73. The first-order valence-corrected chi connectivity index (χ1v) is 5.93. The highest BCUT2D eigenvalue weighted by Gasteiger charge is 2.19. The van der Waals surface area contributed by atoms with Crippen LogP contribution < -0.4 is 5.32 Å². The fourth-order valence-corrected chi connectivity index (χ4v) is 2.33. The van der Waals surface area contributed by atoms with Crippen LogP contribution in [0.5, 0.6) is 5.75 Å². The zero-order chi connectivity index (χ0) is 11.5. The molecule has 0 atom stereocenters. The number of phenols is 1. The number of halogens is 2. The average Bonchev–Trinajstić information content (AvgIpc) is 2.31. The lowest BCUT2D eigenvalue weighted by Gasteiger charge is -2.23. The lowest BCUT2D eigenvalue weighted by atomic mass is 9.90. The van der Waals surface area contributed by atoms with Crippen LogP contribution in [0.3, 0.4) is 0 Å². The van der Waals surface area contributed by atoms with E-state index in [4.69, 9.17) is 11.6 Å². The molecule has 16 heavy (non-hydrogen) atoms. The minimum atomic E-state index is -0.361. The van der Waals surface area contributed by atoms with Crippen molar-refractivity contribution in [2.75, 3.05) is 13.1 Å². The second kappa shape index (κ2) is 5.02. The molecule has 0 radical (unpaired) electrons. The van der Waals surface area contributed by atoms with Crippen molar-refractivity contribution in [3.05, 3.63) is 28.5 Å². The first kappa shape index (κ1) is 11.7. The molecule has 1 aromatic carbocycles. The summed E-state index contributed by atoms with van der Waals surface area (Å²) in [6, 6.07) is 2.70. The molecule has 88 valence electrons. The monoisotopic (exact) mass is 243 g/mol. The summed E-state index contributed by atoms with van der Waals surface area (Å²) < 4.78 is 13.6. The molecule has 0 saturated carbocycles. The molecule has 4 heteroatoms. The van der Waals surface area contributed by atoms with Crippen LogP contribution in [0.25, 0.3) is 0 Å². The van der Waals surface area contributed by atoms with E-state index in [1.54, 1.807) is 0 Å². The summed E-state index contributed by atoms with van der Waals surface area (Å²) in [6.07, 6.45) is 2.61. The third kappa shape index (κ3) is 2.47. The largest absolute Gasteiger partial charge is 0.506 e. The fourth-order valence-electron chi connectivity index (χ4n) is 2.15. The van der Waals surface area contributed by atoms with Crippen molar-refractivity contribution in [2.45, 2.75) is 19.3 Å². The van der Waals surface area contributed by atoms with Gasteiger partial charge in [-0.2, -0.15) is 0 Å². The first-order valence-electron chi connectivity index (χ1n) is 5.55. The Balaban J connectivity index is 2.16. The van der Waals surface area contributed by atoms with Crippen LogP contribution in [0.4, 0.5) is 4.39 Å². The van der Waals surface area contributed by atoms with Gasteiger partial charge in [0.2, 0.25) is 0 Å². The molecule has 0 unspecified atom stereocenters. The third-order valence-electron chi connectivity index (χ3n) is 3.13. The number of hydrogen-bond donors (Lipinski definition) is 2. The van der Waals surface area contributed by atoms with E-state index in [1.807, 2.05) is 0 Å². The van der Waals surface area contributed by atoms with Gasteiger partial charge in [-0.3, -0.25) is 0 Å². The van der Waals surface area contributed by atoms with E-state index >= 15 is 0 Å². The molecule has 2 nitrogen and oxygen atoms in total. The van der Waals surface area contributed by atoms with Crippen molar-refractivity contribution in [1.29, 1.82) is 0 Å². The highest BCUT2D eigenvalue weighted by Crippen LogP contribution is 2.32. The zero-order valence-electron chi connectivity index (χ0n) is 8.97. The van der Waals surface area contributed by atoms with Crippen LogP contribution in [0, 0.1) is 11.7 Å². The van der Waals surface area contributed by atoms with E-state index in [0.717, 1.165) is 25.9 Å². The second-order valence-corrected chi connectivity index (χ2v) is 4.66. The Hall–Kier alpha value is -0.800. The number of hydrogen-bond acceptors (Lipinski definition) is 2. The molecule has 1 aliphatic heterocycles. The van der Waals surface area contributed by atoms with Crippen molar-refractivity contribution in [3.63, 3.8) is 0 Å². The van der Waals surface area contributed by atoms with E-state index < -0.39 is 0 Å². The van der Waals surface area contributed by atoms with Gasteiger partial charge >= 0.3 is 0 Å². The van der Waals surface area contributed by atoms with E-state index in [9.17, 15) is 9.50 Å². The SMILES string of the molecule is Oc1c(Cl)ccc(F)c1CC1CCNCC1. The van der Waals surface area contributed by atoms with Gasteiger partial charge in [0.25, 0.3) is 0 Å². The van der Waals surface area contributed by atoms with Crippen LogP contribution in [0.2, 0.25) is 5.02 Å².